The highest BCUT2D eigenvalue weighted by atomic mass is 127. The Balaban J connectivity index is 1.19. The van der Waals surface area contributed by atoms with Gasteiger partial charge in [0, 0.05) is 5.69 Å². The number of aromatic hydroxyl groups is 1. The molecule has 0 aromatic heterocycles. The van der Waals surface area contributed by atoms with Crippen molar-refractivity contribution in [1.82, 2.24) is 5.43 Å². The molecule has 3 N–H and O–H groups in total. The maximum atomic E-state index is 12.2. The number of nitrogens with one attached hydrogen (secondary N) is 2. The van der Waals surface area contributed by atoms with Crippen LogP contribution in [0.4, 0.5) is 10.5 Å². The van der Waals surface area contributed by atoms with E-state index in [1.165, 1.54) is 44.1 Å². The number of carbonyl (C=O) groups excluding carboxylic acids is 1. The van der Waals surface area contributed by atoms with Crippen LogP contribution in [0.5, 0.6) is 5.75 Å². The molecule has 0 aliphatic heterocycles. The van der Waals surface area contributed by atoms with E-state index in [2.05, 4.69) is 28.0 Å². The number of amides is 2. The Kier molecular flexibility index (Phi) is 5.21. The van der Waals surface area contributed by atoms with Gasteiger partial charge in [-0.15, -0.1) is 0 Å². The number of halogens is 1. The smallest absolute Gasteiger partial charge is 0.339 e. The maximum Gasteiger partial charge on any atom is 0.339 e. The first-order chi connectivity index (χ1) is 14.5. The van der Waals surface area contributed by atoms with Gasteiger partial charge in [-0.05, 0) is 126 Å². The lowest BCUT2D eigenvalue weighted by Gasteiger charge is -2.57. The summed E-state index contributed by atoms with van der Waals surface area (Å²) < 4.78 is 0.736. The summed E-state index contributed by atoms with van der Waals surface area (Å²) in [6.45, 7) is 0. The summed E-state index contributed by atoms with van der Waals surface area (Å²) in [5.41, 5.74) is 5.90. The van der Waals surface area contributed by atoms with E-state index in [0.29, 0.717) is 5.41 Å². The molecule has 0 heterocycles. The zero-order chi connectivity index (χ0) is 20.7. The second-order valence-corrected chi connectivity index (χ2v) is 10.5. The lowest BCUT2D eigenvalue weighted by Crippen LogP contribution is -2.48. The highest BCUT2D eigenvalue weighted by molar-refractivity contribution is 14.1. The minimum absolute atomic E-state index is 0.232. The molecule has 6 heteroatoms. The zero-order valence-corrected chi connectivity index (χ0v) is 18.9. The summed E-state index contributed by atoms with van der Waals surface area (Å²) in [7, 11) is 0. The SMILES string of the molecule is O=C(N/N=C/c1ccc(O)c(I)c1)Nc1ccc(C23CC4CC(CC(C4)C2)C3)cc1. The molecular formula is C24H26IN3O2. The van der Waals surface area contributed by atoms with Crippen LogP contribution in [0.15, 0.2) is 47.6 Å². The Morgan fingerprint density at radius 1 is 1.03 bits per heavy atom. The van der Waals surface area contributed by atoms with Gasteiger partial charge in [0.15, 0.2) is 0 Å². The molecule has 6 rings (SSSR count). The van der Waals surface area contributed by atoms with Gasteiger partial charge < -0.3 is 10.4 Å². The predicted octanol–water partition coefficient (Wildman–Crippen LogP) is 5.62. The van der Waals surface area contributed by atoms with Crippen molar-refractivity contribution in [3.05, 3.63) is 57.2 Å². The Bertz CT molecular complexity index is 951. The maximum absolute atomic E-state index is 12.2. The van der Waals surface area contributed by atoms with E-state index in [4.69, 9.17) is 0 Å². The minimum atomic E-state index is -0.373. The van der Waals surface area contributed by atoms with Crippen LogP contribution in [0.25, 0.3) is 0 Å². The van der Waals surface area contributed by atoms with Gasteiger partial charge in [-0.2, -0.15) is 5.10 Å². The molecule has 4 aliphatic carbocycles. The van der Waals surface area contributed by atoms with Crippen LogP contribution < -0.4 is 10.7 Å². The van der Waals surface area contributed by atoms with Gasteiger partial charge in [0.25, 0.3) is 0 Å². The molecular weight excluding hydrogens is 489 g/mol. The molecule has 156 valence electrons. The number of carbonyl (C=O) groups is 1. The minimum Gasteiger partial charge on any atom is -0.507 e. The Labute approximate surface area is 190 Å². The third-order valence-electron chi connectivity index (χ3n) is 7.14. The van der Waals surface area contributed by atoms with Gasteiger partial charge in [0.05, 0.1) is 9.78 Å². The van der Waals surface area contributed by atoms with Crippen LogP contribution in [0, 0.1) is 21.3 Å². The Morgan fingerprint density at radius 3 is 2.27 bits per heavy atom. The van der Waals surface area contributed by atoms with Gasteiger partial charge in [-0.1, -0.05) is 12.1 Å². The molecule has 4 fully saturated rings. The summed E-state index contributed by atoms with van der Waals surface area (Å²) in [6.07, 6.45) is 9.93. The fourth-order valence-electron chi connectivity index (χ4n) is 6.30. The third-order valence-corrected chi connectivity index (χ3v) is 8.01. The van der Waals surface area contributed by atoms with Crippen molar-refractivity contribution in [2.45, 2.75) is 43.9 Å². The fraction of sp³-hybridized carbons (Fsp3) is 0.417. The van der Waals surface area contributed by atoms with Crippen LogP contribution in [-0.2, 0) is 5.41 Å². The Morgan fingerprint density at radius 2 is 1.67 bits per heavy atom. The standard InChI is InChI=1S/C24H26IN3O2/c25-21-10-15(1-6-22(21)29)14-26-28-23(30)27-20-4-2-19(3-5-20)24-11-16-7-17(12-24)9-18(8-16)13-24/h1-6,10,14,16-18,29H,7-9,11-13H2,(H2,27,28,30)/b26-14+. The summed E-state index contributed by atoms with van der Waals surface area (Å²) in [5, 5.41) is 16.4. The highest BCUT2D eigenvalue weighted by Gasteiger charge is 2.51. The van der Waals surface area contributed by atoms with Gasteiger partial charge in [-0.25, -0.2) is 10.2 Å². The number of hydrazone groups is 1. The third kappa shape index (κ3) is 3.94. The van der Waals surface area contributed by atoms with Crippen LogP contribution in [0.3, 0.4) is 0 Å². The number of phenols is 1. The number of hydrogen-bond acceptors (Lipinski definition) is 3. The molecule has 0 atom stereocenters. The molecule has 2 aromatic rings. The number of urea groups is 1. The largest absolute Gasteiger partial charge is 0.507 e. The molecule has 5 nitrogen and oxygen atoms in total. The van der Waals surface area contributed by atoms with Gasteiger partial charge in [0.1, 0.15) is 5.75 Å². The second-order valence-electron chi connectivity index (χ2n) is 9.31. The molecule has 30 heavy (non-hydrogen) atoms. The van der Waals surface area contributed by atoms with Crippen LogP contribution >= 0.6 is 22.6 Å². The topological polar surface area (TPSA) is 73.7 Å². The predicted molar refractivity (Wildman–Crippen MR) is 127 cm³/mol. The molecule has 2 amide bonds. The molecule has 4 aliphatic rings. The van der Waals surface area contributed by atoms with Crippen molar-refractivity contribution in [2.75, 3.05) is 5.32 Å². The molecule has 0 saturated heterocycles. The zero-order valence-electron chi connectivity index (χ0n) is 16.8. The van der Waals surface area contributed by atoms with Crippen molar-refractivity contribution in [3.8, 4) is 5.75 Å². The number of nitrogens with zero attached hydrogens (tertiary/aromatic N) is 1. The first-order valence-corrected chi connectivity index (χ1v) is 11.8. The van der Waals surface area contributed by atoms with Crippen molar-refractivity contribution >= 4 is 40.5 Å². The quantitative estimate of drug-likeness (QED) is 0.281. The van der Waals surface area contributed by atoms with Gasteiger partial charge >= 0.3 is 6.03 Å². The number of anilines is 1. The van der Waals surface area contributed by atoms with Crippen molar-refractivity contribution in [1.29, 1.82) is 0 Å². The monoisotopic (exact) mass is 515 g/mol. The van der Waals surface area contributed by atoms with E-state index in [9.17, 15) is 9.90 Å². The summed E-state index contributed by atoms with van der Waals surface area (Å²) in [4.78, 5) is 12.2. The summed E-state index contributed by atoms with van der Waals surface area (Å²) in [5.74, 6) is 3.01. The van der Waals surface area contributed by atoms with Crippen LogP contribution in [-0.4, -0.2) is 17.4 Å². The van der Waals surface area contributed by atoms with Crippen LogP contribution in [0.2, 0.25) is 0 Å². The average molecular weight is 515 g/mol. The molecule has 4 saturated carbocycles. The second kappa shape index (κ2) is 7.87. The summed E-state index contributed by atoms with van der Waals surface area (Å²) >= 11 is 2.05. The van der Waals surface area contributed by atoms with E-state index < -0.39 is 0 Å². The van der Waals surface area contributed by atoms with Gasteiger partial charge in [-0.3, -0.25) is 0 Å². The molecule has 4 bridgehead atoms. The first kappa shape index (κ1) is 19.8. The number of phenolic OH excluding ortho intramolecular Hbond substituents is 1. The molecule has 0 radical (unpaired) electrons. The van der Waals surface area contributed by atoms with E-state index in [0.717, 1.165) is 32.6 Å². The Hall–Kier alpha value is -2.09. The lowest BCUT2D eigenvalue weighted by atomic mass is 9.48. The lowest BCUT2D eigenvalue weighted by molar-refractivity contribution is -0.00518. The first-order valence-electron chi connectivity index (χ1n) is 10.7. The molecule has 2 aromatic carbocycles. The number of benzene rings is 2. The van der Waals surface area contributed by atoms with E-state index in [1.807, 2.05) is 34.7 Å². The number of rotatable bonds is 4. The van der Waals surface area contributed by atoms with Crippen molar-refractivity contribution in [2.24, 2.45) is 22.9 Å². The average Bonchev–Trinajstić information content (AvgIpc) is 2.70. The van der Waals surface area contributed by atoms with Crippen molar-refractivity contribution in [3.63, 3.8) is 0 Å². The normalized spacial score (nSPS) is 29.3. The van der Waals surface area contributed by atoms with E-state index >= 15 is 0 Å². The van der Waals surface area contributed by atoms with Gasteiger partial charge in [0.2, 0.25) is 0 Å². The number of hydrogen-bond donors (Lipinski definition) is 3. The van der Waals surface area contributed by atoms with E-state index in [-0.39, 0.29) is 11.8 Å². The highest BCUT2D eigenvalue weighted by Crippen LogP contribution is 2.60. The summed E-state index contributed by atoms with van der Waals surface area (Å²) in [6, 6.07) is 13.2. The van der Waals surface area contributed by atoms with Crippen molar-refractivity contribution < 1.29 is 9.90 Å². The fourth-order valence-corrected chi connectivity index (χ4v) is 6.84. The van der Waals surface area contributed by atoms with Crippen LogP contribution in [0.1, 0.15) is 49.7 Å². The van der Waals surface area contributed by atoms with E-state index in [1.54, 1.807) is 24.4 Å². The molecule has 0 unspecified atom stereocenters. The molecule has 0 spiro atoms.